The molecule has 190 valence electrons. The molecule has 0 aliphatic carbocycles. The number of carbonyl (C=O) groups is 1. The predicted molar refractivity (Wildman–Crippen MR) is 145 cm³/mol. The minimum atomic E-state index is -1.33. The molecule has 1 spiro atoms. The number of nitrogens with one attached hydrogen (secondary N) is 1. The second kappa shape index (κ2) is 9.27. The number of hydrogen-bond donors (Lipinski definition) is 1. The second-order valence-corrected chi connectivity index (χ2v) is 11.3. The van der Waals surface area contributed by atoms with Crippen LogP contribution in [0, 0.1) is 10.1 Å². The van der Waals surface area contributed by atoms with Crippen LogP contribution in [0.3, 0.4) is 0 Å². The van der Waals surface area contributed by atoms with Gasteiger partial charge in [-0.2, -0.15) is 0 Å². The van der Waals surface area contributed by atoms with E-state index in [1.165, 1.54) is 0 Å². The molecule has 2 fully saturated rings. The zero-order chi connectivity index (χ0) is 25.9. The Morgan fingerprint density at radius 2 is 1.97 bits per heavy atom. The fourth-order valence-electron chi connectivity index (χ4n) is 6.41. The molecule has 3 aromatic carbocycles. The lowest BCUT2D eigenvalue weighted by Crippen LogP contribution is -2.55. The van der Waals surface area contributed by atoms with Gasteiger partial charge in [0.05, 0.1) is 10.4 Å². The van der Waals surface area contributed by atoms with Gasteiger partial charge in [-0.1, -0.05) is 53.5 Å². The Bertz CT molecular complexity index is 1440. The Balaban J connectivity index is 1.37. The highest BCUT2D eigenvalue weighted by Gasteiger charge is 2.73. The standard InChI is InChI=1S/C27H22BrCl2N3O4/c28-19-12-15(8-10-23(19)37-14-16-7-9-17(29)13-20(16)30)24-22-6-3-11-32(22)27(25(24)33(35)36)18-4-1-2-5-21(18)31-26(27)34/h1-2,4-5,7-10,12-13,22,24-25H,3,6,11,14H2,(H,31,34)/t22-,24+,25+,27-/m0/s1. The topological polar surface area (TPSA) is 84.7 Å². The number of fused-ring (bicyclic) bond motifs is 4. The first kappa shape index (κ1) is 24.7. The molecule has 0 unspecified atom stereocenters. The van der Waals surface area contributed by atoms with Gasteiger partial charge in [-0.05, 0) is 64.7 Å². The summed E-state index contributed by atoms with van der Waals surface area (Å²) in [6.45, 7) is 0.878. The van der Waals surface area contributed by atoms with Crippen LogP contribution in [0.4, 0.5) is 5.69 Å². The van der Waals surface area contributed by atoms with E-state index < -0.39 is 17.5 Å². The minimum Gasteiger partial charge on any atom is -0.488 e. The molecule has 7 nitrogen and oxygen atoms in total. The second-order valence-electron chi connectivity index (χ2n) is 9.64. The Labute approximate surface area is 232 Å². The third-order valence-corrected chi connectivity index (χ3v) is 9.04. The zero-order valence-corrected chi connectivity index (χ0v) is 22.6. The van der Waals surface area contributed by atoms with Gasteiger partial charge in [-0.25, -0.2) is 0 Å². The molecule has 0 bridgehead atoms. The van der Waals surface area contributed by atoms with Crippen molar-refractivity contribution in [3.05, 3.63) is 102 Å². The number of para-hydroxylation sites is 1. The number of benzene rings is 3. The molecule has 6 rings (SSSR count). The van der Waals surface area contributed by atoms with E-state index in [0.717, 1.165) is 24.0 Å². The maximum atomic E-state index is 13.6. The van der Waals surface area contributed by atoms with Crippen LogP contribution in [0.15, 0.2) is 65.1 Å². The molecule has 3 heterocycles. The first-order chi connectivity index (χ1) is 17.8. The van der Waals surface area contributed by atoms with E-state index in [1.807, 2.05) is 48.5 Å². The average molecular weight is 603 g/mol. The molecule has 0 saturated carbocycles. The maximum absolute atomic E-state index is 13.6. The van der Waals surface area contributed by atoms with E-state index in [0.29, 0.717) is 38.1 Å². The summed E-state index contributed by atoms with van der Waals surface area (Å²) < 4.78 is 6.68. The summed E-state index contributed by atoms with van der Waals surface area (Å²) in [5.41, 5.74) is 1.60. The summed E-state index contributed by atoms with van der Waals surface area (Å²) in [5.74, 6) is -0.193. The third-order valence-electron chi connectivity index (χ3n) is 7.83. The summed E-state index contributed by atoms with van der Waals surface area (Å²) in [6, 6.07) is 16.9. The summed E-state index contributed by atoms with van der Waals surface area (Å²) in [4.78, 5) is 28.1. The highest BCUT2D eigenvalue weighted by Crippen LogP contribution is 2.58. The van der Waals surface area contributed by atoms with E-state index in [2.05, 4.69) is 26.1 Å². The molecular weight excluding hydrogens is 581 g/mol. The third kappa shape index (κ3) is 3.76. The molecule has 0 radical (unpaired) electrons. The van der Waals surface area contributed by atoms with Crippen molar-refractivity contribution >= 4 is 50.7 Å². The lowest BCUT2D eigenvalue weighted by molar-refractivity contribution is -0.534. The summed E-state index contributed by atoms with van der Waals surface area (Å²) in [5, 5.41) is 16.7. The smallest absolute Gasteiger partial charge is 0.256 e. The molecule has 37 heavy (non-hydrogen) atoms. The van der Waals surface area contributed by atoms with Crippen molar-refractivity contribution in [1.29, 1.82) is 0 Å². The minimum absolute atomic E-state index is 0.126. The van der Waals surface area contributed by atoms with Crippen molar-refractivity contribution in [2.24, 2.45) is 0 Å². The number of rotatable bonds is 5. The monoisotopic (exact) mass is 601 g/mol. The number of nitro groups is 1. The van der Waals surface area contributed by atoms with Gasteiger partial charge < -0.3 is 10.1 Å². The quantitative estimate of drug-likeness (QED) is 0.270. The Morgan fingerprint density at radius 1 is 1.16 bits per heavy atom. The van der Waals surface area contributed by atoms with Gasteiger partial charge in [0, 0.05) is 44.4 Å². The van der Waals surface area contributed by atoms with Gasteiger partial charge in [-0.15, -0.1) is 0 Å². The largest absolute Gasteiger partial charge is 0.488 e. The van der Waals surface area contributed by atoms with Crippen molar-refractivity contribution in [2.45, 2.75) is 43.0 Å². The van der Waals surface area contributed by atoms with E-state index in [-0.39, 0.29) is 23.5 Å². The van der Waals surface area contributed by atoms with Gasteiger partial charge in [-0.3, -0.25) is 19.8 Å². The Kier molecular flexibility index (Phi) is 6.18. The Morgan fingerprint density at radius 3 is 2.73 bits per heavy atom. The van der Waals surface area contributed by atoms with Crippen LogP contribution in [-0.4, -0.2) is 34.4 Å². The normalized spacial score (nSPS) is 26.2. The van der Waals surface area contributed by atoms with Crippen LogP contribution in [0.2, 0.25) is 10.0 Å². The van der Waals surface area contributed by atoms with Crippen LogP contribution >= 0.6 is 39.1 Å². The van der Waals surface area contributed by atoms with Gasteiger partial charge in [0.1, 0.15) is 12.4 Å². The number of halogens is 3. The molecule has 3 aliphatic rings. The van der Waals surface area contributed by atoms with Gasteiger partial charge in [0.25, 0.3) is 11.9 Å². The first-order valence-electron chi connectivity index (χ1n) is 12.0. The molecule has 4 atom stereocenters. The molecule has 1 N–H and O–H groups in total. The van der Waals surface area contributed by atoms with Crippen LogP contribution < -0.4 is 10.1 Å². The van der Waals surface area contributed by atoms with E-state index in [4.69, 9.17) is 27.9 Å². The molecule has 3 aliphatic heterocycles. The van der Waals surface area contributed by atoms with E-state index >= 15 is 0 Å². The fraction of sp³-hybridized carbons (Fsp3) is 0.296. The highest BCUT2D eigenvalue weighted by molar-refractivity contribution is 9.10. The molecule has 0 aromatic heterocycles. The van der Waals surface area contributed by atoms with Gasteiger partial charge in [0.2, 0.25) is 0 Å². The number of carbonyl (C=O) groups excluding carboxylic acids is 1. The average Bonchev–Trinajstić information content (AvgIpc) is 3.52. The number of nitrogens with zero attached hydrogens (tertiary/aromatic N) is 2. The maximum Gasteiger partial charge on any atom is 0.256 e. The summed E-state index contributed by atoms with van der Waals surface area (Å²) >= 11 is 15.9. The number of hydrogen-bond acceptors (Lipinski definition) is 5. The van der Waals surface area contributed by atoms with Crippen LogP contribution in [0.5, 0.6) is 5.75 Å². The first-order valence-corrected chi connectivity index (χ1v) is 13.5. The summed E-state index contributed by atoms with van der Waals surface area (Å²) in [6.07, 6.45) is 1.67. The number of anilines is 1. The summed E-state index contributed by atoms with van der Waals surface area (Å²) in [7, 11) is 0. The SMILES string of the molecule is O=C1Nc2ccccc2[C@]12[C@H]([N+](=O)[O-])[C@H](c1ccc(OCc3ccc(Cl)cc3Cl)c(Br)c1)[C@@H]1CCCN12. The predicted octanol–water partition coefficient (Wildman–Crippen LogP) is 6.39. The van der Waals surface area contributed by atoms with Crippen LogP contribution in [-0.2, 0) is 16.9 Å². The van der Waals surface area contributed by atoms with Crippen molar-refractivity contribution in [3.63, 3.8) is 0 Å². The van der Waals surface area contributed by atoms with Crippen molar-refractivity contribution in [3.8, 4) is 5.75 Å². The van der Waals surface area contributed by atoms with Crippen molar-refractivity contribution in [1.82, 2.24) is 4.90 Å². The molecule has 10 heteroatoms. The van der Waals surface area contributed by atoms with Gasteiger partial charge in [0.15, 0.2) is 5.54 Å². The fourth-order valence-corrected chi connectivity index (χ4v) is 7.38. The molecule has 2 saturated heterocycles. The van der Waals surface area contributed by atoms with Crippen LogP contribution in [0.1, 0.15) is 35.4 Å². The van der Waals surface area contributed by atoms with E-state index in [9.17, 15) is 14.9 Å². The molecule has 1 amide bonds. The van der Waals surface area contributed by atoms with Crippen molar-refractivity contribution in [2.75, 3.05) is 11.9 Å². The molecule has 3 aromatic rings. The van der Waals surface area contributed by atoms with Gasteiger partial charge >= 0.3 is 0 Å². The van der Waals surface area contributed by atoms with Crippen molar-refractivity contribution < 1.29 is 14.5 Å². The lowest BCUT2D eigenvalue weighted by atomic mass is 9.77. The molecular formula is C27H22BrCl2N3O4. The lowest BCUT2D eigenvalue weighted by Gasteiger charge is -2.32. The van der Waals surface area contributed by atoms with Crippen LogP contribution in [0.25, 0.3) is 0 Å². The number of amides is 1. The highest BCUT2D eigenvalue weighted by atomic mass is 79.9. The zero-order valence-electron chi connectivity index (χ0n) is 19.5. The Hall–Kier alpha value is -2.65. The van der Waals surface area contributed by atoms with E-state index in [1.54, 1.807) is 12.1 Å². The number of ether oxygens (including phenoxy) is 1.